The lowest BCUT2D eigenvalue weighted by Gasteiger charge is -2.36. The van der Waals surface area contributed by atoms with Crippen LogP contribution in [0.5, 0.6) is 5.75 Å². The first-order valence-corrected chi connectivity index (χ1v) is 9.21. The summed E-state index contributed by atoms with van der Waals surface area (Å²) < 4.78 is 44.2. The van der Waals surface area contributed by atoms with Crippen LogP contribution in [0.3, 0.4) is 0 Å². The second-order valence-corrected chi connectivity index (χ2v) is 7.05. The first-order valence-electron chi connectivity index (χ1n) is 8.83. The van der Waals surface area contributed by atoms with Crippen molar-refractivity contribution in [3.05, 3.63) is 58.6 Å². The molecule has 0 radical (unpaired) electrons. The molecule has 0 spiro atoms. The Kier molecular flexibility index (Phi) is 6.03. The van der Waals surface area contributed by atoms with Crippen molar-refractivity contribution < 1.29 is 22.7 Å². The van der Waals surface area contributed by atoms with Crippen molar-refractivity contribution in [1.82, 2.24) is 4.90 Å². The van der Waals surface area contributed by atoms with Gasteiger partial charge in [0.15, 0.2) is 6.61 Å². The van der Waals surface area contributed by atoms with Crippen LogP contribution in [0.25, 0.3) is 0 Å². The number of anilines is 1. The molecule has 1 fully saturated rings. The molecule has 0 unspecified atom stereocenters. The maximum absolute atomic E-state index is 12.9. The Hall–Kier alpha value is -2.41. The van der Waals surface area contributed by atoms with E-state index in [9.17, 15) is 18.0 Å². The first kappa shape index (κ1) is 20.3. The third-order valence-electron chi connectivity index (χ3n) is 4.66. The number of halogens is 4. The van der Waals surface area contributed by atoms with Crippen molar-refractivity contribution in [3.63, 3.8) is 0 Å². The Morgan fingerprint density at radius 3 is 2.46 bits per heavy atom. The molecule has 4 nitrogen and oxygen atoms in total. The lowest BCUT2D eigenvalue weighted by molar-refractivity contribution is -0.137. The number of hydrogen-bond acceptors (Lipinski definition) is 3. The number of rotatable bonds is 4. The van der Waals surface area contributed by atoms with Gasteiger partial charge in [0.25, 0.3) is 5.91 Å². The quantitative estimate of drug-likeness (QED) is 0.746. The lowest BCUT2D eigenvalue weighted by Crippen LogP contribution is -2.50. The summed E-state index contributed by atoms with van der Waals surface area (Å²) in [4.78, 5) is 15.9. The molecule has 8 heteroatoms. The van der Waals surface area contributed by atoms with Crippen LogP contribution < -0.4 is 9.64 Å². The van der Waals surface area contributed by atoms with Crippen LogP contribution in [-0.4, -0.2) is 43.6 Å². The van der Waals surface area contributed by atoms with E-state index in [0.29, 0.717) is 42.6 Å². The number of ether oxygens (including phenoxy) is 1. The number of aryl methyl sites for hydroxylation is 1. The molecule has 2 aromatic rings. The van der Waals surface area contributed by atoms with Crippen LogP contribution in [0.2, 0.25) is 5.02 Å². The van der Waals surface area contributed by atoms with E-state index in [-0.39, 0.29) is 12.5 Å². The zero-order valence-corrected chi connectivity index (χ0v) is 16.1. The smallest absolute Gasteiger partial charge is 0.416 e. The van der Waals surface area contributed by atoms with E-state index in [0.717, 1.165) is 17.7 Å². The molecule has 1 aliphatic heterocycles. The summed E-state index contributed by atoms with van der Waals surface area (Å²) in [6.07, 6.45) is -4.37. The number of hydrogen-bond donors (Lipinski definition) is 0. The number of carbonyl (C=O) groups is 1. The fourth-order valence-electron chi connectivity index (χ4n) is 3.10. The fraction of sp³-hybridized carbons (Fsp3) is 0.350. The van der Waals surface area contributed by atoms with Crippen molar-refractivity contribution in [2.45, 2.75) is 13.1 Å². The molecule has 0 bridgehead atoms. The maximum Gasteiger partial charge on any atom is 0.416 e. The molecule has 0 atom stereocenters. The standard InChI is InChI=1S/C20H20ClF3N2O2/c1-14-11-16(21)5-6-18(14)28-13-19(27)26-9-7-25(8-10-26)17-4-2-3-15(12-17)20(22,23)24/h2-6,11-12H,7-10,13H2,1H3. The Balaban J connectivity index is 1.54. The van der Waals surface area contributed by atoms with Crippen molar-refractivity contribution in [2.75, 3.05) is 37.7 Å². The summed E-state index contributed by atoms with van der Waals surface area (Å²) in [6.45, 7) is 3.54. The SMILES string of the molecule is Cc1cc(Cl)ccc1OCC(=O)N1CCN(c2cccc(C(F)(F)F)c2)CC1. The van der Waals surface area contributed by atoms with Gasteiger partial charge in [0.2, 0.25) is 0 Å². The molecule has 3 rings (SSSR count). The zero-order chi connectivity index (χ0) is 20.3. The molecule has 0 saturated carbocycles. The highest BCUT2D eigenvalue weighted by molar-refractivity contribution is 6.30. The largest absolute Gasteiger partial charge is 0.483 e. The van der Waals surface area contributed by atoms with E-state index in [4.69, 9.17) is 16.3 Å². The van der Waals surface area contributed by atoms with E-state index >= 15 is 0 Å². The second-order valence-electron chi connectivity index (χ2n) is 6.61. The molecular formula is C20H20ClF3N2O2. The van der Waals surface area contributed by atoms with Gasteiger partial charge in [-0.3, -0.25) is 4.79 Å². The van der Waals surface area contributed by atoms with Crippen LogP contribution in [0.1, 0.15) is 11.1 Å². The number of piperazine rings is 1. The van der Waals surface area contributed by atoms with Gasteiger partial charge in [0, 0.05) is 36.9 Å². The summed E-state index contributed by atoms with van der Waals surface area (Å²) in [5.41, 5.74) is 0.680. The van der Waals surface area contributed by atoms with Crippen LogP contribution in [0, 0.1) is 6.92 Å². The topological polar surface area (TPSA) is 32.8 Å². The highest BCUT2D eigenvalue weighted by Gasteiger charge is 2.31. The Morgan fingerprint density at radius 2 is 1.82 bits per heavy atom. The third-order valence-corrected chi connectivity index (χ3v) is 4.89. The molecule has 1 saturated heterocycles. The van der Waals surface area contributed by atoms with Crippen molar-refractivity contribution >= 4 is 23.2 Å². The molecule has 1 heterocycles. The molecule has 0 aromatic heterocycles. The van der Waals surface area contributed by atoms with E-state index in [2.05, 4.69) is 0 Å². The minimum atomic E-state index is -4.37. The zero-order valence-electron chi connectivity index (χ0n) is 15.3. The van der Waals surface area contributed by atoms with Gasteiger partial charge < -0.3 is 14.5 Å². The van der Waals surface area contributed by atoms with E-state index in [1.165, 1.54) is 6.07 Å². The number of alkyl halides is 3. The summed E-state index contributed by atoms with van der Waals surface area (Å²) >= 11 is 5.90. The molecule has 0 aliphatic carbocycles. The first-order chi connectivity index (χ1) is 13.2. The predicted molar refractivity (Wildman–Crippen MR) is 102 cm³/mol. The van der Waals surface area contributed by atoms with Crippen molar-refractivity contribution in [3.8, 4) is 5.75 Å². The number of amides is 1. The predicted octanol–water partition coefficient (Wildman–Crippen LogP) is 4.39. The van der Waals surface area contributed by atoms with E-state index in [1.54, 1.807) is 29.2 Å². The summed E-state index contributed by atoms with van der Waals surface area (Å²) in [7, 11) is 0. The van der Waals surface area contributed by atoms with Gasteiger partial charge in [-0.15, -0.1) is 0 Å². The van der Waals surface area contributed by atoms with Gasteiger partial charge in [-0.05, 0) is 48.9 Å². The second kappa shape index (κ2) is 8.31. The summed E-state index contributed by atoms with van der Waals surface area (Å²) in [5.74, 6) is 0.443. The average Bonchev–Trinajstić information content (AvgIpc) is 2.67. The normalized spacial score (nSPS) is 14.9. The Bertz CT molecular complexity index is 850. The molecule has 1 aliphatic rings. The highest BCUT2D eigenvalue weighted by Crippen LogP contribution is 2.32. The molecule has 2 aromatic carbocycles. The van der Waals surface area contributed by atoms with Crippen molar-refractivity contribution in [2.24, 2.45) is 0 Å². The Labute approximate surface area is 166 Å². The lowest BCUT2D eigenvalue weighted by atomic mass is 10.1. The van der Waals surface area contributed by atoms with E-state index in [1.807, 2.05) is 11.8 Å². The van der Waals surface area contributed by atoms with Gasteiger partial charge >= 0.3 is 6.18 Å². The monoisotopic (exact) mass is 412 g/mol. The third kappa shape index (κ3) is 4.90. The average molecular weight is 413 g/mol. The van der Waals surface area contributed by atoms with Crippen LogP contribution in [-0.2, 0) is 11.0 Å². The summed E-state index contributed by atoms with van der Waals surface area (Å²) in [6, 6.07) is 10.4. The molecule has 1 amide bonds. The number of nitrogens with zero attached hydrogens (tertiary/aromatic N) is 2. The highest BCUT2D eigenvalue weighted by atomic mass is 35.5. The molecular weight excluding hydrogens is 393 g/mol. The summed E-state index contributed by atoms with van der Waals surface area (Å²) in [5, 5.41) is 0.599. The van der Waals surface area contributed by atoms with Gasteiger partial charge in [0.1, 0.15) is 5.75 Å². The molecule has 28 heavy (non-hydrogen) atoms. The number of carbonyl (C=O) groups excluding carboxylic acids is 1. The minimum absolute atomic E-state index is 0.0912. The fourth-order valence-corrected chi connectivity index (χ4v) is 3.33. The van der Waals surface area contributed by atoms with Crippen LogP contribution >= 0.6 is 11.6 Å². The van der Waals surface area contributed by atoms with Gasteiger partial charge in [-0.25, -0.2) is 0 Å². The van der Waals surface area contributed by atoms with Gasteiger partial charge in [-0.1, -0.05) is 17.7 Å². The molecule has 150 valence electrons. The molecule has 0 N–H and O–H groups in total. The van der Waals surface area contributed by atoms with Gasteiger partial charge in [-0.2, -0.15) is 13.2 Å². The maximum atomic E-state index is 12.9. The number of benzene rings is 2. The minimum Gasteiger partial charge on any atom is -0.483 e. The van der Waals surface area contributed by atoms with Crippen LogP contribution in [0.15, 0.2) is 42.5 Å². The van der Waals surface area contributed by atoms with Crippen molar-refractivity contribution in [1.29, 1.82) is 0 Å². The van der Waals surface area contributed by atoms with Crippen LogP contribution in [0.4, 0.5) is 18.9 Å². The Morgan fingerprint density at radius 1 is 1.11 bits per heavy atom. The van der Waals surface area contributed by atoms with Gasteiger partial charge in [0.05, 0.1) is 5.56 Å². The van der Waals surface area contributed by atoms with E-state index < -0.39 is 11.7 Å².